The molecule has 6 nitrogen and oxygen atoms in total. The fraction of sp³-hybridized carbons (Fsp3) is 0.778. The number of aliphatic carboxylic acids is 1. The van der Waals surface area contributed by atoms with Crippen molar-refractivity contribution in [2.45, 2.75) is 26.0 Å². The molecule has 0 aromatic rings. The normalized spacial score (nSPS) is 11.5. The first-order chi connectivity index (χ1) is 7.20. The summed E-state index contributed by atoms with van der Waals surface area (Å²) in [5, 5.41) is 7.89. The van der Waals surface area contributed by atoms with Crippen LogP contribution in [-0.2, 0) is 19.4 Å². The van der Waals surface area contributed by atoms with Crippen LogP contribution in [0.3, 0.4) is 0 Å². The third-order valence-electron chi connectivity index (χ3n) is 2.10. The SMILES string of the molecule is CCN(CC(=O)O)C(=O)CS(=O)(=O)C(C)C. The van der Waals surface area contributed by atoms with Crippen LogP contribution in [0.4, 0.5) is 0 Å². The lowest BCUT2D eigenvalue weighted by Crippen LogP contribution is -2.40. The third kappa shape index (κ3) is 4.61. The van der Waals surface area contributed by atoms with Crippen LogP contribution in [0.15, 0.2) is 0 Å². The van der Waals surface area contributed by atoms with Crippen LogP contribution in [0.2, 0.25) is 0 Å². The lowest BCUT2D eigenvalue weighted by molar-refractivity contribution is -0.143. The highest BCUT2D eigenvalue weighted by Gasteiger charge is 2.24. The van der Waals surface area contributed by atoms with E-state index in [0.29, 0.717) is 0 Å². The topological polar surface area (TPSA) is 91.8 Å². The predicted octanol–water partition coefficient (Wildman–Crippen LogP) is -0.257. The van der Waals surface area contributed by atoms with Gasteiger partial charge in [0, 0.05) is 6.54 Å². The summed E-state index contributed by atoms with van der Waals surface area (Å²) >= 11 is 0. The molecule has 0 aromatic carbocycles. The van der Waals surface area contributed by atoms with Gasteiger partial charge in [-0.25, -0.2) is 8.42 Å². The molecular weight excluding hydrogens is 234 g/mol. The second kappa shape index (κ2) is 5.83. The van der Waals surface area contributed by atoms with Crippen molar-refractivity contribution in [1.82, 2.24) is 4.90 Å². The van der Waals surface area contributed by atoms with E-state index < -0.39 is 39.3 Å². The molecule has 0 bridgehead atoms. The van der Waals surface area contributed by atoms with Gasteiger partial charge in [0.15, 0.2) is 9.84 Å². The molecule has 0 radical (unpaired) electrons. The molecule has 0 aliphatic carbocycles. The van der Waals surface area contributed by atoms with E-state index >= 15 is 0 Å². The molecule has 0 aliphatic heterocycles. The highest BCUT2D eigenvalue weighted by molar-refractivity contribution is 7.92. The lowest BCUT2D eigenvalue weighted by Gasteiger charge is -2.19. The fourth-order valence-corrected chi connectivity index (χ4v) is 1.83. The van der Waals surface area contributed by atoms with Gasteiger partial charge in [-0.05, 0) is 20.8 Å². The highest BCUT2D eigenvalue weighted by atomic mass is 32.2. The minimum atomic E-state index is -3.47. The van der Waals surface area contributed by atoms with Gasteiger partial charge in [0.05, 0.1) is 5.25 Å². The van der Waals surface area contributed by atoms with E-state index in [2.05, 4.69) is 0 Å². The summed E-state index contributed by atoms with van der Waals surface area (Å²) in [7, 11) is -3.47. The first-order valence-corrected chi connectivity index (χ1v) is 6.63. The van der Waals surface area contributed by atoms with E-state index in [0.717, 1.165) is 4.90 Å². The van der Waals surface area contributed by atoms with Crippen LogP contribution in [0.1, 0.15) is 20.8 Å². The number of rotatable bonds is 6. The molecule has 0 aromatic heterocycles. The molecule has 7 heteroatoms. The molecule has 0 atom stereocenters. The number of amides is 1. The number of nitrogens with zero attached hydrogens (tertiary/aromatic N) is 1. The summed E-state index contributed by atoms with van der Waals surface area (Å²) in [6, 6.07) is 0. The Kier molecular flexibility index (Phi) is 5.43. The molecule has 1 amide bonds. The number of hydrogen-bond donors (Lipinski definition) is 1. The smallest absolute Gasteiger partial charge is 0.323 e. The summed E-state index contributed by atoms with van der Waals surface area (Å²) < 4.78 is 22.9. The Hall–Kier alpha value is -1.11. The zero-order chi connectivity index (χ0) is 12.9. The van der Waals surface area contributed by atoms with Gasteiger partial charge in [-0.2, -0.15) is 0 Å². The van der Waals surface area contributed by atoms with Crippen molar-refractivity contribution in [2.24, 2.45) is 0 Å². The summed E-state index contributed by atoms with van der Waals surface area (Å²) in [6.07, 6.45) is 0. The van der Waals surface area contributed by atoms with Crippen LogP contribution < -0.4 is 0 Å². The second-order valence-electron chi connectivity index (χ2n) is 3.66. The number of likely N-dealkylation sites (N-methyl/N-ethyl adjacent to an activating group) is 1. The maximum atomic E-state index is 11.5. The monoisotopic (exact) mass is 251 g/mol. The quantitative estimate of drug-likeness (QED) is 0.702. The van der Waals surface area contributed by atoms with Crippen LogP contribution >= 0.6 is 0 Å². The maximum Gasteiger partial charge on any atom is 0.323 e. The largest absolute Gasteiger partial charge is 0.480 e. The first-order valence-electron chi connectivity index (χ1n) is 4.91. The van der Waals surface area contributed by atoms with E-state index in [1.54, 1.807) is 6.92 Å². The Morgan fingerprint density at radius 3 is 2.12 bits per heavy atom. The van der Waals surface area contributed by atoms with Crippen LogP contribution in [0.5, 0.6) is 0 Å². The van der Waals surface area contributed by atoms with Gasteiger partial charge in [0.1, 0.15) is 12.3 Å². The highest BCUT2D eigenvalue weighted by Crippen LogP contribution is 2.03. The summed E-state index contributed by atoms with van der Waals surface area (Å²) in [5.74, 6) is -2.46. The molecule has 94 valence electrons. The van der Waals surface area contributed by atoms with E-state index in [4.69, 9.17) is 5.11 Å². The second-order valence-corrected chi connectivity index (χ2v) is 6.21. The zero-order valence-electron chi connectivity index (χ0n) is 9.63. The number of carboxylic acids is 1. The minimum Gasteiger partial charge on any atom is -0.480 e. The Labute approximate surface area is 95.2 Å². The number of carbonyl (C=O) groups excluding carboxylic acids is 1. The van der Waals surface area contributed by atoms with Gasteiger partial charge in [0.2, 0.25) is 5.91 Å². The average Bonchev–Trinajstić information content (AvgIpc) is 2.12. The molecule has 0 saturated carbocycles. The van der Waals surface area contributed by atoms with Gasteiger partial charge in [0.25, 0.3) is 0 Å². The van der Waals surface area contributed by atoms with Gasteiger partial charge in [-0.3, -0.25) is 9.59 Å². The van der Waals surface area contributed by atoms with Gasteiger partial charge < -0.3 is 10.0 Å². The number of sulfone groups is 1. The van der Waals surface area contributed by atoms with Gasteiger partial charge in [-0.1, -0.05) is 0 Å². The molecule has 0 heterocycles. The predicted molar refractivity (Wildman–Crippen MR) is 58.8 cm³/mol. The maximum absolute atomic E-state index is 11.5. The summed E-state index contributed by atoms with van der Waals surface area (Å²) in [5.41, 5.74) is 0. The minimum absolute atomic E-state index is 0.179. The van der Waals surface area contributed by atoms with E-state index in [-0.39, 0.29) is 6.54 Å². The van der Waals surface area contributed by atoms with Crippen molar-refractivity contribution in [3.8, 4) is 0 Å². The molecule has 0 aliphatic rings. The van der Waals surface area contributed by atoms with Crippen molar-refractivity contribution in [3.63, 3.8) is 0 Å². The van der Waals surface area contributed by atoms with Crippen molar-refractivity contribution < 1.29 is 23.1 Å². The van der Waals surface area contributed by atoms with Crippen molar-refractivity contribution in [2.75, 3.05) is 18.8 Å². The molecule has 0 unspecified atom stereocenters. The lowest BCUT2D eigenvalue weighted by atomic mass is 10.4. The van der Waals surface area contributed by atoms with Crippen LogP contribution in [0.25, 0.3) is 0 Å². The van der Waals surface area contributed by atoms with Gasteiger partial charge >= 0.3 is 5.97 Å². The Morgan fingerprint density at radius 2 is 1.81 bits per heavy atom. The molecule has 16 heavy (non-hydrogen) atoms. The number of carboxylic acid groups (broad SMARTS) is 1. The van der Waals surface area contributed by atoms with Crippen molar-refractivity contribution in [3.05, 3.63) is 0 Å². The summed E-state index contributed by atoms with van der Waals surface area (Å²) in [6.45, 7) is 4.27. The number of hydrogen-bond acceptors (Lipinski definition) is 4. The van der Waals surface area contributed by atoms with Crippen molar-refractivity contribution >= 4 is 21.7 Å². The van der Waals surface area contributed by atoms with E-state index in [1.165, 1.54) is 13.8 Å². The molecule has 0 fully saturated rings. The van der Waals surface area contributed by atoms with Gasteiger partial charge in [-0.15, -0.1) is 0 Å². The standard InChI is InChI=1S/C9H17NO5S/c1-4-10(5-9(12)13)8(11)6-16(14,15)7(2)3/h7H,4-6H2,1-3H3,(H,12,13). The molecule has 0 saturated heterocycles. The zero-order valence-corrected chi connectivity index (χ0v) is 10.5. The van der Waals surface area contributed by atoms with E-state index in [1.807, 2.05) is 0 Å². The molecular formula is C9H17NO5S. The van der Waals surface area contributed by atoms with Crippen LogP contribution in [0, 0.1) is 0 Å². The number of carbonyl (C=O) groups is 2. The Bertz CT molecular complexity index is 360. The average molecular weight is 251 g/mol. The fourth-order valence-electron chi connectivity index (χ4n) is 0.970. The molecule has 0 rings (SSSR count). The molecule has 0 spiro atoms. The van der Waals surface area contributed by atoms with E-state index in [9.17, 15) is 18.0 Å². The summed E-state index contributed by atoms with van der Waals surface area (Å²) in [4.78, 5) is 22.9. The van der Waals surface area contributed by atoms with Crippen molar-refractivity contribution in [1.29, 1.82) is 0 Å². The Morgan fingerprint density at radius 1 is 1.31 bits per heavy atom. The molecule has 1 N–H and O–H groups in total. The first kappa shape index (κ1) is 14.9. The van der Waals surface area contributed by atoms with Crippen LogP contribution in [-0.4, -0.2) is 54.4 Å². The third-order valence-corrected chi connectivity index (χ3v) is 4.19. The Balaban J connectivity index is 4.61.